The summed E-state index contributed by atoms with van der Waals surface area (Å²) < 4.78 is 4.80. The zero-order chi connectivity index (χ0) is 15.8. The molecule has 0 spiro atoms. The fraction of sp³-hybridized carbons (Fsp3) is 0.500. The first-order valence-electron chi connectivity index (χ1n) is 6.54. The Morgan fingerprint density at radius 3 is 2.62 bits per heavy atom. The van der Waals surface area contributed by atoms with Crippen LogP contribution < -0.4 is 5.32 Å². The number of esters is 1. The summed E-state index contributed by atoms with van der Waals surface area (Å²) in [6.07, 6.45) is 0. The SMILES string of the molecule is COC(=O)c1sc2nc(C)nc(NC(C)(C)CO)c2c1C. The molecule has 7 heteroatoms. The van der Waals surface area contributed by atoms with Gasteiger partial charge in [0.15, 0.2) is 0 Å². The minimum Gasteiger partial charge on any atom is -0.465 e. The maximum Gasteiger partial charge on any atom is 0.348 e. The number of methoxy groups -OCH3 is 1. The van der Waals surface area contributed by atoms with Crippen molar-refractivity contribution >= 4 is 33.3 Å². The van der Waals surface area contributed by atoms with Gasteiger partial charge in [-0.1, -0.05) is 0 Å². The molecule has 2 N–H and O–H groups in total. The van der Waals surface area contributed by atoms with Gasteiger partial charge in [-0.15, -0.1) is 11.3 Å². The molecule has 6 nitrogen and oxygen atoms in total. The highest BCUT2D eigenvalue weighted by molar-refractivity contribution is 7.20. The summed E-state index contributed by atoms with van der Waals surface area (Å²) in [7, 11) is 1.36. The number of hydrogen-bond acceptors (Lipinski definition) is 7. The van der Waals surface area contributed by atoms with Gasteiger partial charge in [-0.3, -0.25) is 0 Å². The molecule has 0 unspecified atom stereocenters. The number of nitrogens with one attached hydrogen (secondary N) is 1. The van der Waals surface area contributed by atoms with Crippen LogP contribution in [0, 0.1) is 13.8 Å². The van der Waals surface area contributed by atoms with Crippen LogP contribution in [0.2, 0.25) is 0 Å². The molecule has 0 aliphatic rings. The molecule has 0 fully saturated rings. The van der Waals surface area contributed by atoms with Gasteiger partial charge in [-0.05, 0) is 33.3 Å². The summed E-state index contributed by atoms with van der Waals surface area (Å²) in [6.45, 7) is 7.35. The van der Waals surface area contributed by atoms with Gasteiger partial charge in [-0.2, -0.15) is 0 Å². The van der Waals surface area contributed by atoms with Crippen molar-refractivity contribution in [2.75, 3.05) is 19.0 Å². The lowest BCUT2D eigenvalue weighted by Crippen LogP contribution is -2.35. The molecule has 21 heavy (non-hydrogen) atoms. The Bertz CT molecular complexity index is 694. The number of aromatic nitrogens is 2. The second-order valence-corrected chi connectivity index (χ2v) is 6.51. The average Bonchev–Trinajstić information content (AvgIpc) is 2.74. The molecule has 2 aromatic rings. The minimum atomic E-state index is -0.520. The van der Waals surface area contributed by atoms with Gasteiger partial charge in [0, 0.05) is 0 Å². The van der Waals surface area contributed by atoms with Gasteiger partial charge in [0.1, 0.15) is 21.3 Å². The summed E-state index contributed by atoms with van der Waals surface area (Å²) in [5.41, 5.74) is 0.270. The number of carbonyl (C=O) groups is 1. The van der Waals surface area contributed by atoms with Gasteiger partial charge in [-0.25, -0.2) is 14.8 Å². The molecule has 0 saturated heterocycles. The van der Waals surface area contributed by atoms with Crippen LogP contribution in [-0.4, -0.2) is 40.3 Å². The quantitative estimate of drug-likeness (QED) is 0.843. The topological polar surface area (TPSA) is 84.3 Å². The van der Waals surface area contributed by atoms with Crippen molar-refractivity contribution < 1.29 is 14.6 Å². The first kappa shape index (κ1) is 15.7. The zero-order valence-corrected chi connectivity index (χ0v) is 13.6. The predicted octanol–water partition coefficient (Wildman–Crippen LogP) is 2.28. The third kappa shape index (κ3) is 2.98. The van der Waals surface area contributed by atoms with Gasteiger partial charge in [0.2, 0.25) is 0 Å². The molecule has 0 bridgehead atoms. The third-order valence-electron chi connectivity index (χ3n) is 3.12. The molecule has 0 radical (unpaired) electrons. The molecule has 114 valence electrons. The monoisotopic (exact) mass is 309 g/mol. The van der Waals surface area contributed by atoms with Gasteiger partial charge in [0.05, 0.1) is 24.6 Å². The molecule has 0 aliphatic heterocycles. The number of ether oxygens (including phenoxy) is 1. The number of thiophene rings is 1. The van der Waals surface area contributed by atoms with Gasteiger partial charge in [0.25, 0.3) is 0 Å². The van der Waals surface area contributed by atoms with E-state index in [1.165, 1.54) is 18.4 Å². The van der Waals surface area contributed by atoms with Crippen LogP contribution in [0.15, 0.2) is 0 Å². The second kappa shape index (κ2) is 5.57. The molecule has 0 aliphatic carbocycles. The van der Waals surface area contributed by atoms with E-state index in [9.17, 15) is 9.90 Å². The molecule has 2 heterocycles. The van der Waals surface area contributed by atoms with Crippen LogP contribution in [0.1, 0.15) is 34.9 Å². The fourth-order valence-corrected chi connectivity index (χ4v) is 3.13. The van der Waals surface area contributed by atoms with Crippen molar-refractivity contribution in [3.63, 3.8) is 0 Å². The maximum absolute atomic E-state index is 11.8. The highest BCUT2D eigenvalue weighted by atomic mass is 32.1. The van der Waals surface area contributed by atoms with Crippen LogP contribution in [-0.2, 0) is 4.74 Å². The van der Waals surface area contributed by atoms with Crippen molar-refractivity contribution in [2.24, 2.45) is 0 Å². The van der Waals surface area contributed by atoms with E-state index in [2.05, 4.69) is 15.3 Å². The lowest BCUT2D eigenvalue weighted by molar-refractivity contribution is 0.0605. The Balaban J connectivity index is 2.65. The molecule has 2 rings (SSSR count). The molecule has 0 atom stereocenters. The van der Waals surface area contributed by atoms with E-state index in [4.69, 9.17) is 4.74 Å². The summed E-state index contributed by atoms with van der Waals surface area (Å²) in [6, 6.07) is 0. The maximum atomic E-state index is 11.8. The smallest absolute Gasteiger partial charge is 0.348 e. The van der Waals surface area contributed by atoms with Crippen molar-refractivity contribution in [1.82, 2.24) is 9.97 Å². The van der Waals surface area contributed by atoms with Crippen molar-refractivity contribution in [2.45, 2.75) is 33.2 Å². The van der Waals surface area contributed by atoms with E-state index in [-0.39, 0.29) is 12.6 Å². The van der Waals surface area contributed by atoms with E-state index >= 15 is 0 Å². The van der Waals surface area contributed by atoms with E-state index in [0.29, 0.717) is 16.5 Å². The Hall–Kier alpha value is -1.73. The van der Waals surface area contributed by atoms with E-state index in [0.717, 1.165) is 15.8 Å². The molecule has 0 amide bonds. The van der Waals surface area contributed by atoms with E-state index < -0.39 is 5.54 Å². The second-order valence-electron chi connectivity index (χ2n) is 5.51. The van der Waals surface area contributed by atoms with Gasteiger partial charge < -0.3 is 15.2 Å². The predicted molar refractivity (Wildman–Crippen MR) is 83.0 cm³/mol. The Morgan fingerprint density at radius 2 is 2.05 bits per heavy atom. The normalized spacial score (nSPS) is 11.7. The van der Waals surface area contributed by atoms with Gasteiger partial charge >= 0.3 is 5.97 Å². The van der Waals surface area contributed by atoms with Crippen LogP contribution in [0.5, 0.6) is 0 Å². The van der Waals surface area contributed by atoms with Crippen LogP contribution in [0.4, 0.5) is 5.82 Å². The highest BCUT2D eigenvalue weighted by Crippen LogP contribution is 2.35. The average molecular weight is 309 g/mol. The lowest BCUT2D eigenvalue weighted by atomic mass is 10.1. The molecule has 2 aromatic heterocycles. The number of fused-ring (bicyclic) bond motifs is 1. The van der Waals surface area contributed by atoms with Crippen molar-refractivity contribution in [3.8, 4) is 0 Å². The number of aryl methyl sites for hydroxylation is 2. The third-order valence-corrected chi connectivity index (χ3v) is 4.29. The van der Waals surface area contributed by atoms with Crippen LogP contribution >= 0.6 is 11.3 Å². The zero-order valence-electron chi connectivity index (χ0n) is 12.8. The largest absolute Gasteiger partial charge is 0.465 e. The van der Waals surface area contributed by atoms with Crippen molar-refractivity contribution in [1.29, 1.82) is 0 Å². The molecular weight excluding hydrogens is 290 g/mol. The number of rotatable bonds is 4. The Labute approximate surface area is 127 Å². The number of carbonyl (C=O) groups excluding carboxylic acids is 1. The first-order chi connectivity index (χ1) is 9.79. The standard InChI is InChI=1S/C14H19N3O3S/c1-7-9-11(17-14(3,4)6-18)15-8(2)16-12(9)21-10(7)13(19)20-5/h18H,6H2,1-5H3,(H,15,16,17). The Morgan fingerprint density at radius 1 is 1.38 bits per heavy atom. The number of nitrogens with zero attached hydrogens (tertiary/aromatic N) is 2. The lowest BCUT2D eigenvalue weighted by Gasteiger charge is -2.24. The van der Waals surface area contributed by atoms with Crippen molar-refractivity contribution in [3.05, 3.63) is 16.3 Å². The van der Waals surface area contributed by atoms with E-state index in [1.807, 2.05) is 20.8 Å². The summed E-state index contributed by atoms with van der Waals surface area (Å²) in [5.74, 6) is 0.859. The fourth-order valence-electron chi connectivity index (χ4n) is 1.98. The number of anilines is 1. The number of aliphatic hydroxyl groups excluding tert-OH is 1. The van der Waals surface area contributed by atoms with E-state index in [1.54, 1.807) is 6.92 Å². The number of aliphatic hydroxyl groups is 1. The Kier molecular flexibility index (Phi) is 4.15. The molecular formula is C14H19N3O3S. The first-order valence-corrected chi connectivity index (χ1v) is 7.36. The highest BCUT2D eigenvalue weighted by Gasteiger charge is 2.23. The molecule has 0 aromatic carbocycles. The summed E-state index contributed by atoms with van der Waals surface area (Å²) in [4.78, 5) is 21.9. The minimum absolute atomic E-state index is 0.0371. The van der Waals surface area contributed by atoms with Crippen LogP contribution in [0.3, 0.4) is 0 Å². The summed E-state index contributed by atoms with van der Waals surface area (Å²) in [5, 5.41) is 13.4. The molecule has 0 saturated carbocycles. The van der Waals surface area contributed by atoms with Crippen LogP contribution in [0.25, 0.3) is 10.2 Å². The number of hydrogen-bond donors (Lipinski definition) is 2. The summed E-state index contributed by atoms with van der Waals surface area (Å²) >= 11 is 1.29.